The quantitative estimate of drug-likeness (QED) is 0.539. The summed E-state index contributed by atoms with van der Waals surface area (Å²) in [7, 11) is 0. The van der Waals surface area contributed by atoms with Gasteiger partial charge < -0.3 is 4.52 Å². The molecule has 50 valence electrons. The van der Waals surface area contributed by atoms with Crippen LogP contribution in [0.1, 0.15) is 5.69 Å². The van der Waals surface area contributed by atoms with E-state index in [2.05, 4.69) is 15.1 Å². The van der Waals surface area contributed by atoms with E-state index in [-0.39, 0.29) is 0 Å². The average Bonchev–Trinajstić information content (AvgIpc) is 2.36. The van der Waals surface area contributed by atoms with Crippen molar-refractivity contribution >= 4 is 11.0 Å². The molecule has 0 spiro atoms. The predicted octanol–water partition coefficient (Wildman–Crippen LogP) is 0.926. The van der Waals surface area contributed by atoms with Crippen LogP contribution in [0.5, 0.6) is 0 Å². The van der Waals surface area contributed by atoms with E-state index in [0.717, 1.165) is 16.7 Å². The Balaban J connectivity index is 2.95. The molecule has 0 bridgehead atoms. The summed E-state index contributed by atoms with van der Waals surface area (Å²) in [4.78, 5) is 7.88. The lowest BCUT2D eigenvalue weighted by Gasteiger charge is -1.86. The molecule has 0 atom stereocenters. The highest BCUT2D eigenvalue weighted by molar-refractivity contribution is 5.73. The molecular weight excluding hydrogens is 130 g/mol. The van der Waals surface area contributed by atoms with Gasteiger partial charge in [-0.05, 0) is 6.92 Å². The van der Waals surface area contributed by atoms with Crippen molar-refractivity contribution in [1.29, 1.82) is 0 Å². The highest BCUT2D eigenvalue weighted by Gasteiger charge is 2.00. The van der Waals surface area contributed by atoms with E-state index >= 15 is 0 Å². The molecule has 4 nitrogen and oxygen atoms in total. The van der Waals surface area contributed by atoms with Crippen molar-refractivity contribution in [3.8, 4) is 0 Å². The van der Waals surface area contributed by atoms with Gasteiger partial charge in [0.1, 0.15) is 18.1 Å². The molecule has 0 saturated carbocycles. The molecule has 0 aliphatic heterocycles. The van der Waals surface area contributed by atoms with Gasteiger partial charge in [-0.1, -0.05) is 5.16 Å². The van der Waals surface area contributed by atoms with Crippen LogP contribution in [0.3, 0.4) is 0 Å². The SMILES string of the molecule is Cc1ncnc2conc12. The van der Waals surface area contributed by atoms with Gasteiger partial charge in [-0.2, -0.15) is 0 Å². The molecule has 2 aromatic rings. The Bertz CT molecular complexity index is 355. The number of hydrogen-bond acceptors (Lipinski definition) is 4. The number of rotatable bonds is 0. The first-order valence-corrected chi connectivity index (χ1v) is 2.89. The summed E-state index contributed by atoms with van der Waals surface area (Å²) in [5, 5.41) is 3.72. The summed E-state index contributed by atoms with van der Waals surface area (Å²) in [6.07, 6.45) is 3.00. The van der Waals surface area contributed by atoms with Crippen molar-refractivity contribution in [2.24, 2.45) is 0 Å². The molecule has 0 amide bonds. The van der Waals surface area contributed by atoms with Gasteiger partial charge in [0.05, 0.1) is 5.69 Å². The van der Waals surface area contributed by atoms with Crippen LogP contribution in [-0.2, 0) is 0 Å². The second-order valence-electron chi connectivity index (χ2n) is 2.01. The fourth-order valence-corrected chi connectivity index (χ4v) is 0.813. The molecule has 0 N–H and O–H groups in total. The second kappa shape index (κ2) is 1.76. The largest absolute Gasteiger partial charge is 0.362 e. The summed E-state index contributed by atoms with van der Waals surface area (Å²) in [6.45, 7) is 1.87. The van der Waals surface area contributed by atoms with Crippen LogP contribution in [0, 0.1) is 6.92 Å². The minimum Gasteiger partial charge on any atom is -0.362 e. The number of hydrogen-bond donors (Lipinski definition) is 0. The van der Waals surface area contributed by atoms with Gasteiger partial charge in [-0.15, -0.1) is 0 Å². The normalized spacial score (nSPS) is 10.5. The van der Waals surface area contributed by atoms with Crippen molar-refractivity contribution in [1.82, 2.24) is 15.1 Å². The molecular formula is C6H5N3O. The summed E-state index contributed by atoms with van der Waals surface area (Å²) in [5.74, 6) is 0. The number of aryl methyl sites for hydroxylation is 1. The van der Waals surface area contributed by atoms with Crippen LogP contribution in [0.25, 0.3) is 11.0 Å². The summed E-state index contributed by atoms with van der Waals surface area (Å²) in [6, 6.07) is 0. The standard InChI is InChI=1S/C6H5N3O/c1-4-6-5(2-10-9-6)8-3-7-4/h2-3H,1H3. The first-order chi connectivity index (χ1) is 4.88. The van der Waals surface area contributed by atoms with Crippen molar-refractivity contribution in [2.45, 2.75) is 6.92 Å². The lowest BCUT2D eigenvalue weighted by molar-refractivity contribution is 0.427. The topological polar surface area (TPSA) is 51.8 Å². The number of nitrogens with zero attached hydrogens (tertiary/aromatic N) is 3. The maximum atomic E-state index is 4.69. The van der Waals surface area contributed by atoms with Crippen molar-refractivity contribution < 1.29 is 4.52 Å². The Labute approximate surface area is 56.9 Å². The molecule has 2 aromatic heterocycles. The first kappa shape index (κ1) is 5.34. The van der Waals surface area contributed by atoms with Crippen molar-refractivity contribution in [2.75, 3.05) is 0 Å². The van der Waals surface area contributed by atoms with Crippen LogP contribution in [0.2, 0.25) is 0 Å². The average molecular weight is 135 g/mol. The van der Waals surface area contributed by atoms with E-state index in [0.29, 0.717) is 0 Å². The maximum Gasteiger partial charge on any atom is 0.153 e. The van der Waals surface area contributed by atoms with Crippen LogP contribution >= 0.6 is 0 Å². The highest BCUT2D eigenvalue weighted by atomic mass is 16.5. The molecule has 4 heteroatoms. The van der Waals surface area contributed by atoms with E-state index in [1.54, 1.807) is 0 Å². The van der Waals surface area contributed by atoms with Gasteiger partial charge in [0.25, 0.3) is 0 Å². The minimum absolute atomic E-state index is 0.738. The Morgan fingerprint density at radius 3 is 3.10 bits per heavy atom. The molecule has 0 aliphatic rings. The highest BCUT2D eigenvalue weighted by Crippen LogP contribution is 2.09. The smallest absolute Gasteiger partial charge is 0.153 e. The number of fused-ring (bicyclic) bond motifs is 1. The Kier molecular flexibility index (Phi) is 0.943. The van der Waals surface area contributed by atoms with Crippen molar-refractivity contribution in [3.05, 3.63) is 18.3 Å². The van der Waals surface area contributed by atoms with Gasteiger partial charge in [0.15, 0.2) is 5.52 Å². The number of aromatic nitrogens is 3. The Morgan fingerprint density at radius 2 is 2.30 bits per heavy atom. The molecule has 2 heterocycles. The zero-order valence-corrected chi connectivity index (χ0v) is 5.40. The fraction of sp³-hybridized carbons (Fsp3) is 0.167. The molecule has 0 saturated heterocycles. The summed E-state index contributed by atoms with van der Waals surface area (Å²) < 4.78 is 4.69. The van der Waals surface area contributed by atoms with Gasteiger partial charge >= 0.3 is 0 Å². The lowest BCUT2D eigenvalue weighted by atomic mass is 10.4. The third kappa shape index (κ3) is 0.586. The Morgan fingerprint density at radius 1 is 1.40 bits per heavy atom. The molecule has 2 rings (SSSR count). The molecule has 0 fully saturated rings. The van der Waals surface area contributed by atoms with Gasteiger partial charge in [0, 0.05) is 0 Å². The third-order valence-electron chi connectivity index (χ3n) is 1.34. The fourth-order valence-electron chi connectivity index (χ4n) is 0.813. The minimum atomic E-state index is 0.738. The third-order valence-corrected chi connectivity index (χ3v) is 1.34. The molecule has 0 radical (unpaired) electrons. The molecule has 0 aromatic carbocycles. The molecule has 0 unspecified atom stereocenters. The molecule has 0 aliphatic carbocycles. The van der Waals surface area contributed by atoms with Gasteiger partial charge in [-0.3, -0.25) is 0 Å². The zero-order valence-electron chi connectivity index (χ0n) is 5.40. The van der Waals surface area contributed by atoms with E-state index in [1.807, 2.05) is 6.92 Å². The lowest BCUT2D eigenvalue weighted by Crippen LogP contribution is -1.83. The monoisotopic (exact) mass is 135 g/mol. The van der Waals surface area contributed by atoms with E-state index in [4.69, 9.17) is 4.52 Å². The molecule has 10 heavy (non-hydrogen) atoms. The van der Waals surface area contributed by atoms with Gasteiger partial charge in [0.2, 0.25) is 0 Å². The Hall–Kier alpha value is -1.45. The summed E-state index contributed by atoms with van der Waals surface area (Å²) >= 11 is 0. The van der Waals surface area contributed by atoms with Crippen molar-refractivity contribution in [3.63, 3.8) is 0 Å². The van der Waals surface area contributed by atoms with Crippen LogP contribution in [-0.4, -0.2) is 15.1 Å². The van der Waals surface area contributed by atoms with E-state index in [9.17, 15) is 0 Å². The first-order valence-electron chi connectivity index (χ1n) is 2.89. The van der Waals surface area contributed by atoms with Gasteiger partial charge in [-0.25, -0.2) is 9.97 Å². The van der Waals surface area contributed by atoms with E-state index in [1.165, 1.54) is 12.6 Å². The van der Waals surface area contributed by atoms with Crippen LogP contribution in [0.15, 0.2) is 17.1 Å². The summed E-state index contributed by atoms with van der Waals surface area (Å²) in [5.41, 5.74) is 2.34. The van der Waals surface area contributed by atoms with Crippen LogP contribution < -0.4 is 0 Å². The second-order valence-corrected chi connectivity index (χ2v) is 2.01. The maximum absolute atomic E-state index is 4.69. The van der Waals surface area contributed by atoms with Crippen LogP contribution in [0.4, 0.5) is 0 Å². The van der Waals surface area contributed by atoms with E-state index < -0.39 is 0 Å². The zero-order chi connectivity index (χ0) is 6.97. The predicted molar refractivity (Wildman–Crippen MR) is 34.3 cm³/mol.